The van der Waals surface area contributed by atoms with E-state index >= 15 is 0 Å². The summed E-state index contributed by atoms with van der Waals surface area (Å²) >= 11 is 0. The van der Waals surface area contributed by atoms with E-state index in [0.29, 0.717) is 11.6 Å². The largest absolute Gasteiger partial charge is 0.461 e. The summed E-state index contributed by atoms with van der Waals surface area (Å²) < 4.78 is 5.54. The van der Waals surface area contributed by atoms with E-state index in [1.54, 1.807) is 6.26 Å². The van der Waals surface area contributed by atoms with E-state index in [1.165, 1.54) is 5.56 Å². The molecule has 4 aromatic rings. The van der Waals surface area contributed by atoms with E-state index in [1.807, 2.05) is 30.3 Å². The maximum atomic E-state index is 5.54. The van der Waals surface area contributed by atoms with Gasteiger partial charge in [-0.2, -0.15) is 0 Å². The topological polar surface area (TPSA) is 45.4 Å². The predicted molar refractivity (Wildman–Crippen MR) is 111 cm³/mol. The van der Waals surface area contributed by atoms with Crippen LogP contribution >= 0.6 is 0 Å². The van der Waals surface area contributed by atoms with Gasteiger partial charge in [-0.1, -0.05) is 42.5 Å². The number of piperazine rings is 1. The molecule has 3 heterocycles. The number of rotatable bonds is 4. The number of aromatic nitrogens is 2. The summed E-state index contributed by atoms with van der Waals surface area (Å²) in [5, 5.41) is 1.09. The molecular formula is C23H22N4O. The number of hydrogen-bond acceptors (Lipinski definition) is 5. The number of anilines is 1. The zero-order chi connectivity index (χ0) is 18.8. The van der Waals surface area contributed by atoms with Crippen LogP contribution in [0.1, 0.15) is 5.56 Å². The van der Waals surface area contributed by atoms with E-state index in [4.69, 9.17) is 14.4 Å². The first-order valence-corrected chi connectivity index (χ1v) is 9.69. The lowest BCUT2D eigenvalue weighted by Gasteiger charge is -2.36. The van der Waals surface area contributed by atoms with Gasteiger partial charge in [0, 0.05) is 38.1 Å². The van der Waals surface area contributed by atoms with Crippen molar-refractivity contribution in [3.63, 3.8) is 0 Å². The van der Waals surface area contributed by atoms with Crippen molar-refractivity contribution in [2.45, 2.75) is 6.54 Å². The Morgan fingerprint density at radius 2 is 1.57 bits per heavy atom. The summed E-state index contributed by atoms with van der Waals surface area (Å²) in [6.45, 7) is 4.93. The average molecular weight is 370 g/mol. The lowest BCUT2D eigenvalue weighted by Crippen LogP contribution is -2.46. The van der Waals surface area contributed by atoms with Crippen LogP contribution < -0.4 is 4.90 Å². The Morgan fingerprint density at radius 3 is 2.36 bits per heavy atom. The van der Waals surface area contributed by atoms with Crippen LogP contribution in [0, 0.1) is 0 Å². The van der Waals surface area contributed by atoms with Crippen molar-refractivity contribution in [2.24, 2.45) is 0 Å². The number of benzene rings is 2. The summed E-state index contributed by atoms with van der Waals surface area (Å²) in [4.78, 5) is 14.5. The zero-order valence-electron chi connectivity index (χ0n) is 15.7. The molecular weight excluding hydrogens is 348 g/mol. The van der Waals surface area contributed by atoms with E-state index in [9.17, 15) is 0 Å². The quantitative estimate of drug-likeness (QED) is 0.538. The number of nitrogens with zero attached hydrogens (tertiary/aromatic N) is 4. The molecule has 2 aromatic heterocycles. The zero-order valence-corrected chi connectivity index (χ0v) is 15.7. The Morgan fingerprint density at radius 1 is 0.786 bits per heavy atom. The highest BCUT2D eigenvalue weighted by Gasteiger charge is 2.21. The van der Waals surface area contributed by atoms with Gasteiger partial charge in [-0.3, -0.25) is 4.90 Å². The molecule has 5 rings (SSSR count). The van der Waals surface area contributed by atoms with E-state index in [2.05, 4.69) is 46.2 Å². The fourth-order valence-electron chi connectivity index (χ4n) is 3.78. The minimum atomic E-state index is 0.644. The van der Waals surface area contributed by atoms with Crippen molar-refractivity contribution in [3.05, 3.63) is 78.6 Å². The SMILES string of the molecule is c1ccc(CN2CCN(c3nc(-c4ccco4)nc4ccccc34)CC2)cc1. The van der Waals surface area contributed by atoms with Gasteiger partial charge in [-0.15, -0.1) is 0 Å². The van der Waals surface area contributed by atoms with Crippen LogP contribution in [0.25, 0.3) is 22.5 Å². The third-order valence-electron chi connectivity index (χ3n) is 5.25. The number of hydrogen-bond donors (Lipinski definition) is 0. The van der Waals surface area contributed by atoms with Gasteiger partial charge >= 0.3 is 0 Å². The number of furan rings is 1. The standard InChI is InChI=1S/C23H22N4O/c1-2-7-18(8-3-1)17-26-12-14-27(15-13-26)23-19-9-4-5-10-20(19)24-22(25-23)21-11-6-16-28-21/h1-11,16H,12-15,17H2. The molecule has 0 aliphatic carbocycles. The van der Waals surface area contributed by atoms with Crippen molar-refractivity contribution >= 4 is 16.7 Å². The normalized spacial score (nSPS) is 15.2. The molecule has 1 saturated heterocycles. The van der Waals surface area contributed by atoms with Crippen molar-refractivity contribution in [2.75, 3.05) is 31.1 Å². The fourth-order valence-corrected chi connectivity index (χ4v) is 3.78. The molecule has 0 unspecified atom stereocenters. The molecule has 1 aliphatic rings. The molecule has 0 spiro atoms. The van der Waals surface area contributed by atoms with Crippen molar-refractivity contribution < 1.29 is 4.42 Å². The van der Waals surface area contributed by atoms with E-state index in [0.717, 1.165) is 49.4 Å². The molecule has 5 heteroatoms. The summed E-state index contributed by atoms with van der Waals surface area (Å²) in [6, 6.07) is 22.7. The molecule has 5 nitrogen and oxygen atoms in total. The minimum Gasteiger partial charge on any atom is -0.461 e. The highest BCUT2D eigenvalue weighted by atomic mass is 16.3. The van der Waals surface area contributed by atoms with Gasteiger partial charge < -0.3 is 9.32 Å². The smallest absolute Gasteiger partial charge is 0.198 e. The molecule has 0 saturated carbocycles. The van der Waals surface area contributed by atoms with Crippen molar-refractivity contribution in [1.29, 1.82) is 0 Å². The van der Waals surface area contributed by atoms with Gasteiger partial charge in [-0.25, -0.2) is 9.97 Å². The molecule has 2 aromatic carbocycles. The van der Waals surface area contributed by atoms with Gasteiger partial charge in [-0.05, 0) is 29.8 Å². The van der Waals surface area contributed by atoms with Gasteiger partial charge in [0.15, 0.2) is 11.6 Å². The second-order valence-corrected chi connectivity index (χ2v) is 7.11. The molecule has 1 aliphatic heterocycles. The summed E-state index contributed by atoms with van der Waals surface area (Å²) in [7, 11) is 0. The van der Waals surface area contributed by atoms with Crippen molar-refractivity contribution in [3.8, 4) is 11.6 Å². The van der Waals surface area contributed by atoms with Crippen LogP contribution in [0.3, 0.4) is 0 Å². The monoisotopic (exact) mass is 370 g/mol. The first-order valence-electron chi connectivity index (χ1n) is 9.69. The predicted octanol–water partition coefficient (Wildman–Crippen LogP) is 4.21. The van der Waals surface area contributed by atoms with Crippen molar-refractivity contribution in [1.82, 2.24) is 14.9 Å². The lowest BCUT2D eigenvalue weighted by molar-refractivity contribution is 0.249. The fraction of sp³-hybridized carbons (Fsp3) is 0.217. The molecule has 0 atom stereocenters. The first kappa shape index (κ1) is 17.0. The van der Waals surface area contributed by atoms with Crippen LogP contribution in [0.2, 0.25) is 0 Å². The van der Waals surface area contributed by atoms with Gasteiger partial charge in [0.2, 0.25) is 0 Å². The Hall–Kier alpha value is -3.18. The van der Waals surface area contributed by atoms with Crippen LogP contribution in [0.15, 0.2) is 77.4 Å². The lowest BCUT2D eigenvalue weighted by atomic mass is 10.1. The van der Waals surface area contributed by atoms with E-state index < -0.39 is 0 Å². The maximum Gasteiger partial charge on any atom is 0.198 e. The highest BCUT2D eigenvalue weighted by Crippen LogP contribution is 2.28. The van der Waals surface area contributed by atoms with Crippen LogP contribution in [0.4, 0.5) is 5.82 Å². The first-order chi connectivity index (χ1) is 13.9. The van der Waals surface area contributed by atoms with Gasteiger partial charge in [0.25, 0.3) is 0 Å². The molecule has 0 amide bonds. The van der Waals surface area contributed by atoms with Crippen LogP contribution in [-0.2, 0) is 6.54 Å². The van der Waals surface area contributed by atoms with Gasteiger partial charge in [0.05, 0.1) is 11.8 Å². The Labute approximate surface area is 164 Å². The second kappa shape index (κ2) is 7.44. The molecule has 140 valence electrons. The summed E-state index contributed by atoms with van der Waals surface area (Å²) in [6.07, 6.45) is 1.66. The Kier molecular flexibility index (Phi) is 4.51. The Bertz CT molecular complexity index is 1050. The summed E-state index contributed by atoms with van der Waals surface area (Å²) in [5.74, 6) is 2.34. The molecule has 0 bridgehead atoms. The average Bonchev–Trinajstić information content (AvgIpc) is 3.29. The number of fused-ring (bicyclic) bond motifs is 1. The minimum absolute atomic E-state index is 0.644. The second-order valence-electron chi connectivity index (χ2n) is 7.11. The van der Waals surface area contributed by atoms with Crippen LogP contribution in [0.5, 0.6) is 0 Å². The maximum absolute atomic E-state index is 5.54. The van der Waals surface area contributed by atoms with Crippen LogP contribution in [-0.4, -0.2) is 41.0 Å². The highest BCUT2D eigenvalue weighted by molar-refractivity contribution is 5.90. The molecule has 1 fully saturated rings. The molecule has 0 N–H and O–H groups in total. The number of para-hydroxylation sites is 1. The summed E-state index contributed by atoms with van der Waals surface area (Å²) in [5.41, 5.74) is 2.31. The third kappa shape index (κ3) is 3.37. The third-order valence-corrected chi connectivity index (χ3v) is 5.25. The Balaban J connectivity index is 1.40. The van der Waals surface area contributed by atoms with Gasteiger partial charge in [0.1, 0.15) is 5.82 Å². The molecule has 0 radical (unpaired) electrons. The van der Waals surface area contributed by atoms with E-state index in [-0.39, 0.29) is 0 Å². The molecule has 28 heavy (non-hydrogen) atoms.